The van der Waals surface area contributed by atoms with Crippen LogP contribution in [0, 0.1) is 5.92 Å². The van der Waals surface area contributed by atoms with Gasteiger partial charge >= 0.3 is 0 Å². The van der Waals surface area contributed by atoms with Gasteiger partial charge in [-0.15, -0.1) is 0 Å². The van der Waals surface area contributed by atoms with Gasteiger partial charge in [0.2, 0.25) is 0 Å². The van der Waals surface area contributed by atoms with E-state index in [0.717, 1.165) is 5.56 Å². The van der Waals surface area contributed by atoms with Crippen molar-refractivity contribution >= 4 is 16.7 Å². The number of benzene rings is 2. The van der Waals surface area contributed by atoms with Gasteiger partial charge in [0.25, 0.3) is 11.5 Å². The lowest BCUT2D eigenvalue weighted by Crippen LogP contribution is -2.29. The van der Waals surface area contributed by atoms with Crippen LogP contribution in [0.4, 0.5) is 0 Å². The average Bonchev–Trinajstić information content (AvgIpc) is 2.86. The van der Waals surface area contributed by atoms with Gasteiger partial charge in [0.05, 0.1) is 38.4 Å². The zero-order valence-corrected chi connectivity index (χ0v) is 22.0. The highest BCUT2D eigenvalue weighted by Crippen LogP contribution is 2.32. The van der Waals surface area contributed by atoms with Gasteiger partial charge in [-0.25, -0.2) is 0 Å². The number of hydrogen-bond acceptors (Lipinski definition) is 6. The third-order valence-electron chi connectivity index (χ3n) is 5.70. The van der Waals surface area contributed by atoms with Crippen LogP contribution in [0.1, 0.15) is 43.6 Å². The molecule has 194 valence electrons. The zero-order valence-electron chi connectivity index (χ0n) is 22.0. The van der Waals surface area contributed by atoms with E-state index in [9.17, 15) is 9.59 Å². The van der Waals surface area contributed by atoms with Crippen LogP contribution in [0.25, 0.3) is 10.8 Å². The number of ether oxygens (including phenoxy) is 4. The minimum atomic E-state index is -0.263. The lowest BCUT2D eigenvalue weighted by Gasteiger charge is -2.16. The fraction of sp³-hybridized carbons (Fsp3) is 0.429. The van der Waals surface area contributed by atoms with E-state index in [4.69, 9.17) is 18.9 Å². The Bertz CT molecular complexity index is 1270. The van der Waals surface area contributed by atoms with Crippen molar-refractivity contribution in [3.8, 4) is 23.0 Å². The lowest BCUT2D eigenvalue weighted by molar-refractivity contribution is 0.0955. The molecule has 36 heavy (non-hydrogen) atoms. The van der Waals surface area contributed by atoms with E-state index in [2.05, 4.69) is 5.32 Å². The van der Waals surface area contributed by atoms with E-state index >= 15 is 0 Å². The van der Waals surface area contributed by atoms with Crippen molar-refractivity contribution in [3.05, 3.63) is 58.0 Å². The van der Waals surface area contributed by atoms with E-state index in [0.29, 0.717) is 72.1 Å². The predicted molar refractivity (Wildman–Crippen MR) is 141 cm³/mol. The Morgan fingerprint density at radius 3 is 2.17 bits per heavy atom. The molecule has 0 aliphatic rings. The largest absolute Gasteiger partial charge is 0.493 e. The molecule has 0 saturated carbocycles. The molecule has 0 aliphatic carbocycles. The molecule has 3 aromatic rings. The monoisotopic (exact) mass is 496 g/mol. The number of hydrogen-bond donors (Lipinski definition) is 1. The van der Waals surface area contributed by atoms with Crippen LogP contribution in [-0.4, -0.2) is 44.5 Å². The van der Waals surface area contributed by atoms with Crippen LogP contribution in [0.15, 0.2) is 41.3 Å². The fourth-order valence-corrected chi connectivity index (χ4v) is 4.09. The Hall–Kier alpha value is -3.68. The molecule has 0 unspecified atom stereocenters. The number of rotatable bonds is 12. The molecule has 0 atom stereocenters. The lowest BCUT2D eigenvalue weighted by atomic mass is 10.0. The smallest absolute Gasteiger partial charge is 0.258 e. The Morgan fingerprint density at radius 1 is 0.917 bits per heavy atom. The number of carbonyl (C=O) groups excluding carboxylic acids is 1. The summed E-state index contributed by atoms with van der Waals surface area (Å²) < 4.78 is 23.7. The topological polar surface area (TPSA) is 88.0 Å². The summed E-state index contributed by atoms with van der Waals surface area (Å²) in [5.41, 5.74) is 1.25. The van der Waals surface area contributed by atoms with Crippen molar-refractivity contribution in [1.29, 1.82) is 0 Å². The SMILES string of the molecule is CCOc1ccc(CCNC(=O)c2cn(CC(C)C)c(=O)c3cc(OC)c(OC)cc23)cc1OCC. The fourth-order valence-electron chi connectivity index (χ4n) is 4.09. The van der Waals surface area contributed by atoms with Crippen molar-refractivity contribution in [1.82, 2.24) is 9.88 Å². The van der Waals surface area contributed by atoms with Gasteiger partial charge in [-0.2, -0.15) is 0 Å². The molecule has 0 radical (unpaired) electrons. The van der Waals surface area contributed by atoms with Crippen molar-refractivity contribution in [2.24, 2.45) is 5.92 Å². The van der Waals surface area contributed by atoms with E-state index in [-0.39, 0.29) is 17.4 Å². The van der Waals surface area contributed by atoms with Gasteiger partial charge in [-0.1, -0.05) is 19.9 Å². The molecule has 3 rings (SSSR count). The zero-order chi connectivity index (χ0) is 26.2. The molecule has 1 aromatic heterocycles. The van der Waals surface area contributed by atoms with Crippen LogP contribution in [0.3, 0.4) is 0 Å². The molecule has 0 bridgehead atoms. The van der Waals surface area contributed by atoms with Gasteiger partial charge in [-0.05, 0) is 56.0 Å². The Morgan fingerprint density at radius 2 is 1.56 bits per heavy atom. The summed E-state index contributed by atoms with van der Waals surface area (Å²) in [6, 6.07) is 9.12. The van der Waals surface area contributed by atoms with Gasteiger partial charge in [0.15, 0.2) is 23.0 Å². The summed E-state index contributed by atoms with van der Waals surface area (Å²) in [6.07, 6.45) is 2.24. The maximum atomic E-state index is 13.3. The first kappa shape index (κ1) is 26.9. The van der Waals surface area contributed by atoms with E-state index < -0.39 is 0 Å². The highest BCUT2D eigenvalue weighted by molar-refractivity contribution is 6.07. The van der Waals surface area contributed by atoms with Gasteiger partial charge in [-0.3, -0.25) is 9.59 Å². The standard InChI is InChI=1S/C28H36N2O6/c1-7-35-23-10-9-19(13-26(23)36-8-2)11-12-29-27(31)22-17-30(16-18(3)4)28(32)21-15-25(34-6)24(33-5)14-20(21)22/h9-10,13-15,17-18H,7-8,11-12,16H2,1-6H3,(H,29,31). The molecule has 1 amide bonds. The third kappa shape index (κ3) is 6.11. The third-order valence-corrected chi connectivity index (χ3v) is 5.70. The molecule has 1 N–H and O–H groups in total. The molecular formula is C28H36N2O6. The van der Waals surface area contributed by atoms with E-state index in [1.54, 1.807) is 22.9 Å². The summed E-state index contributed by atoms with van der Waals surface area (Å²) in [5, 5.41) is 3.93. The Kier molecular flexibility index (Phi) is 9.22. The van der Waals surface area contributed by atoms with Crippen LogP contribution < -0.4 is 29.8 Å². The van der Waals surface area contributed by atoms with Gasteiger partial charge < -0.3 is 28.8 Å². The Labute approximate surface area is 212 Å². The second-order valence-electron chi connectivity index (χ2n) is 8.80. The molecule has 0 fully saturated rings. The van der Waals surface area contributed by atoms with Crippen LogP contribution in [0.5, 0.6) is 23.0 Å². The number of carbonyl (C=O) groups is 1. The number of nitrogens with one attached hydrogen (secondary N) is 1. The molecule has 0 aliphatic heterocycles. The minimum absolute atomic E-state index is 0.172. The summed E-state index contributed by atoms with van der Waals surface area (Å²) in [4.78, 5) is 26.5. The number of nitrogens with zero attached hydrogens (tertiary/aromatic N) is 1. The first-order valence-corrected chi connectivity index (χ1v) is 12.3. The summed E-state index contributed by atoms with van der Waals surface area (Å²) in [5.74, 6) is 2.26. The second-order valence-corrected chi connectivity index (χ2v) is 8.80. The highest BCUT2D eigenvalue weighted by atomic mass is 16.5. The molecule has 2 aromatic carbocycles. The molecule has 0 spiro atoms. The Balaban J connectivity index is 1.89. The van der Waals surface area contributed by atoms with E-state index in [1.807, 2.05) is 45.9 Å². The van der Waals surface area contributed by atoms with Crippen molar-refractivity contribution in [2.75, 3.05) is 34.0 Å². The van der Waals surface area contributed by atoms with Crippen LogP contribution in [-0.2, 0) is 13.0 Å². The molecule has 1 heterocycles. The normalized spacial score (nSPS) is 11.0. The summed E-state index contributed by atoms with van der Waals surface area (Å²) in [6.45, 7) is 9.91. The number of methoxy groups -OCH3 is 2. The molecular weight excluding hydrogens is 460 g/mol. The first-order chi connectivity index (χ1) is 17.3. The maximum Gasteiger partial charge on any atom is 0.258 e. The van der Waals surface area contributed by atoms with Gasteiger partial charge in [0, 0.05) is 24.7 Å². The number of amides is 1. The van der Waals surface area contributed by atoms with Gasteiger partial charge in [0.1, 0.15) is 0 Å². The molecule has 8 nitrogen and oxygen atoms in total. The minimum Gasteiger partial charge on any atom is -0.493 e. The van der Waals surface area contributed by atoms with Crippen molar-refractivity contribution in [2.45, 2.75) is 40.7 Å². The predicted octanol–water partition coefficient (Wildman–Crippen LogP) is 4.44. The van der Waals surface area contributed by atoms with Crippen molar-refractivity contribution < 1.29 is 23.7 Å². The number of pyridine rings is 1. The summed E-state index contributed by atoms with van der Waals surface area (Å²) in [7, 11) is 3.04. The molecule has 8 heteroatoms. The van der Waals surface area contributed by atoms with E-state index in [1.165, 1.54) is 14.2 Å². The van der Waals surface area contributed by atoms with Crippen molar-refractivity contribution in [3.63, 3.8) is 0 Å². The van der Waals surface area contributed by atoms with Crippen LogP contribution >= 0.6 is 0 Å². The maximum absolute atomic E-state index is 13.3. The number of fused-ring (bicyclic) bond motifs is 1. The summed E-state index contributed by atoms with van der Waals surface area (Å²) >= 11 is 0. The highest BCUT2D eigenvalue weighted by Gasteiger charge is 2.19. The number of aromatic nitrogens is 1. The second kappa shape index (κ2) is 12.3. The molecule has 0 saturated heterocycles. The first-order valence-electron chi connectivity index (χ1n) is 12.3. The quantitative estimate of drug-likeness (QED) is 0.399. The average molecular weight is 497 g/mol. The van der Waals surface area contributed by atoms with Crippen LogP contribution in [0.2, 0.25) is 0 Å².